The monoisotopic (exact) mass is 826 g/mol. The predicted molar refractivity (Wildman–Crippen MR) is 214 cm³/mol. The topological polar surface area (TPSA) is 155 Å². The van der Waals surface area contributed by atoms with E-state index in [4.69, 9.17) is 34.1 Å². The highest BCUT2D eigenvalue weighted by Crippen LogP contribution is 2.32. The Morgan fingerprint density at radius 1 is 0.722 bits per heavy atom. The van der Waals surface area contributed by atoms with Gasteiger partial charge < -0.3 is 14.0 Å². The lowest BCUT2D eigenvalue weighted by atomic mass is 10.2. The molecule has 0 radical (unpaired) electrons. The van der Waals surface area contributed by atoms with Gasteiger partial charge in [0.05, 0.1) is 51.1 Å². The van der Waals surface area contributed by atoms with Crippen LogP contribution in [0.4, 0.5) is 0 Å². The number of para-hydroxylation sites is 2. The van der Waals surface area contributed by atoms with E-state index < -0.39 is 0 Å². The number of aliphatic imine (C=N–C) groups is 2. The maximum absolute atomic E-state index is 5.58. The molecule has 2 unspecified atom stereocenters. The van der Waals surface area contributed by atoms with Crippen LogP contribution in [0.5, 0.6) is 11.8 Å². The molecule has 2 aliphatic rings. The molecule has 276 valence electrons. The predicted octanol–water partition coefficient (Wildman–Crippen LogP) is 7.34. The second-order valence-corrected chi connectivity index (χ2v) is 14.7. The van der Waals surface area contributed by atoms with E-state index in [2.05, 4.69) is 59.0 Å². The quantitative estimate of drug-likeness (QED) is 0.166. The van der Waals surface area contributed by atoms with Crippen molar-refractivity contribution in [2.75, 3.05) is 27.4 Å². The van der Waals surface area contributed by atoms with Gasteiger partial charge in [-0.3, -0.25) is 19.7 Å². The molecular formula is C37H35BrN10O4S2. The number of hydroxylamine groups is 2. The highest BCUT2D eigenvalue weighted by molar-refractivity contribution is 9.10. The maximum atomic E-state index is 5.58. The van der Waals surface area contributed by atoms with Gasteiger partial charge in [-0.25, -0.2) is 35.9 Å². The Morgan fingerprint density at radius 3 is 1.78 bits per heavy atom. The van der Waals surface area contributed by atoms with Crippen molar-refractivity contribution in [1.82, 2.24) is 40.4 Å². The standard InChI is InChI=1S/C20H18N6O2S.C16H13BrN4O2S.CH4/c1-12-9-26(11-21-12)16-8-7-14(23-19(16)27-2)18-22-15(10-28-25-18)20-24-13-5-3-4-6-17(13)29-20;1-22-15-9(17)6-7-11(19-15)14-18-12(8-23-21-14)16-20-10-4-2-3-5-13(10)24-16;/h3-9,11,15H,10H2,1-2H3,(H,22,25);2-7,12H,8H2,1H3,(H,18,21);1H4. The molecule has 5 aromatic heterocycles. The van der Waals surface area contributed by atoms with Gasteiger partial charge in [-0.2, -0.15) is 0 Å². The molecule has 14 nitrogen and oxygen atoms in total. The first-order chi connectivity index (χ1) is 25.9. The summed E-state index contributed by atoms with van der Waals surface area (Å²) in [7, 11) is 3.17. The Bertz CT molecular complexity index is 2420. The van der Waals surface area contributed by atoms with Gasteiger partial charge in [-0.15, -0.1) is 22.7 Å². The van der Waals surface area contributed by atoms with Gasteiger partial charge in [0.2, 0.25) is 11.8 Å². The normalized spacial score (nSPS) is 16.6. The van der Waals surface area contributed by atoms with E-state index in [0.717, 1.165) is 46.3 Å². The molecule has 17 heteroatoms. The SMILES string of the molecule is C.COc1nc(C2=NC(c3nc4ccccc4s3)CON2)ccc1-n1cnc(C)c1.COc1nc(C2=NC(c3nc4ccccc4s3)CON2)ccc1Br. The summed E-state index contributed by atoms with van der Waals surface area (Å²) in [6.07, 6.45) is 3.65. The average molecular weight is 828 g/mol. The number of ether oxygens (including phenoxy) is 2. The van der Waals surface area contributed by atoms with E-state index in [-0.39, 0.29) is 19.5 Å². The van der Waals surface area contributed by atoms with Gasteiger partial charge >= 0.3 is 0 Å². The van der Waals surface area contributed by atoms with Crippen LogP contribution in [0.3, 0.4) is 0 Å². The minimum Gasteiger partial charge on any atom is -0.480 e. The number of fused-ring (bicyclic) bond motifs is 2. The first kappa shape index (κ1) is 37.0. The number of pyridine rings is 2. The van der Waals surface area contributed by atoms with Crippen LogP contribution in [0.25, 0.3) is 26.1 Å². The Morgan fingerprint density at radius 2 is 1.26 bits per heavy atom. The maximum Gasteiger partial charge on any atom is 0.238 e. The van der Waals surface area contributed by atoms with E-state index in [0.29, 0.717) is 48.0 Å². The summed E-state index contributed by atoms with van der Waals surface area (Å²) in [5.74, 6) is 2.09. The number of nitrogens with zero attached hydrogens (tertiary/aromatic N) is 8. The second-order valence-electron chi connectivity index (χ2n) is 11.7. The zero-order valence-electron chi connectivity index (χ0n) is 28.6. The van der Waals surface area contributed by atoms with Crippen LogP contribution >= 0.6 is 38.6 Å². The van der Waals surface area contributed by atoms with E-state index in [1.165, 1.54) is 0 Å². The van der Waals surface area contributed by atoms with Crippen molar-refractivity contribution in [1.29, 1.82) is 0 Å². The second kappa shape index (κ2) is 16.4. The molecule has 2 atom stereocenters. The molecule has 0 spiro atoms. The fraction of sp³-hybridized carbons (Fsp3) is 0.216. The molecule has 0 bridgehead atoms. The summed E-state index contributed by atoms with van der Waals surface area (Å²) < 4.78 is 15.7. The molecule has 2 aliphatic heterocycles. The molecule has 2 N–H and O–H groups in total. The van der Waals surface area contributed by atoms with E-state index in [1.807, 2.05) is 78.4 Å². The molecular weight excluding hydrogens is 793 g/mol. The molecule has 0 saturated carbocycles. The number of hydrogen-bond donors (Lipinski definition) is 2. The number of amidine groups is 2. The lowest BCUT2D eigenvalue weighted by Gasteiger charge is -2.20. The number of halogens is 1. The summed E-state index contributed by atoms with van der Waals surface area (Å²) in [5, 5.41) is 1.85. The summed E-state index contributed by atoms with van der Waals surface area (Å²) in [5.41, 5.74) is 10.7. The molecule has 0 fully saturated rings. The highest BCUT2D eigenvalue weighted by Gasteiger charge is 2.25. The summed E-state index contributed by atoms with van der Waals surface area (Å²) in [6.45, 7) is 2.77. The van der Waals surface area contributed by atoms with Crippen LogP contribution in [0, 0.1) is 6.92 Å². The van der Waals surface area contributed by atoms with Crippen molar-refractivity contribution in [3.05, 3.63) is 117 Å². The van der Waals surface area contributed by atoms with Gasteiger partial charge in [0, 0.05) is 6.20 Å². The molecule has 7 heterocycles. The van der Waals surface area contributed by atoms with Crippen molar-refractivity contribution in [3.8, 4) is 17.4 Å². The van der Waals surface area contributed by atoms with Crippen LogP contribution < -0.4 is 20.4 Å². The Balaban J connectivity index is 0.000000166. The molecule has 9 rings (SSSR count). The first-order valence-corrected chi connectivity index (χ1v) is 18.8. The van der Waals surface area contributed by atoms with Crippen molar-refractivity contribution >= 4 is 70.7 Å². The number of thiazole rings is 2. The number of imidazole rings is 1. The highest BCUT2D eigenvalue weighted by atomic mass is 79.9. The van der Waals surface area contributed by atoms with Gasteiger partial charge in [0.1, 0.15) is 52.4 Å². The number of aromatic nitrogens is 6. The number of aryl methyl sites for hydroxylation is 1. The van der Waals surface area contributed by atoms with Crippen molar-refractivity contribution in [3.63, 3.8) is 0 Å². The number of hydrogen-bond acceptors (Lipinski definition) is 15. The Labute approximate surface area is 327 Å². The largest absolute Gasteiger partial charge is 0.480 e. The molecule has 54 heavy (non-hydrogen) atoms. The summed E-state index contributed by atoms with van der Waals surface area (Å²) >= 11 is 6.66. The summed E-state index contributed by atoms with van der Waals surface area (Å²) in [4.78, 5) is 43.2. The fourth-order valence-corrected chi connectivity index (χ4v) is 7.90. The van der Waals surface area contributed by atoms with Crippen LogP contribution in [-0.4, -0.2) is 68.6 Å². The number of rotatable bonds is 7. The average Bonchev–Trinajstić information content (AvgIpc) is 3.97. The van der Waals surface area contributed by atoms with E-state index in [9.17, 15) is 0 Å². The van der Waals surface area contributed by atoms with Crippen molar-refractivity contribution in [2.45, 2.75) is 26.4 Å². The number of benzene rings is 2. The van der Waals surface area contributed by atoms with Gasteiger partial charge in [0.15, 0.2) is 11.7 Å². The lowest BCUT2D eigenvalue weighted by molar-refractivity contribution is 0.0620. The Kier molecular flexibility index (Phi) is 11.2. The van der Waals surface area contributed by atoms with Crippen LogP contribution in [0.1, 0.15) is 46.6 Å². The molecule has 7 aromatic rings. The minimum absolute atomic E-state index is 0. The van der Waals surface area contributed by atoms with Gasteiger partial charge in [0.25, 0.3) is 0 Å². The van der Waals surface area contributed by atoms with E-state index in [1.54, 1.807) is 43.2 Å². The lowest BCUT2D eigenvalue weighted by Crippen LogP contribution is -2.33. The van der Waals surface area contributed by atoms with Crippen LogP contribution in [0.15, 0.2) is 99.8 Å². The summed E-state index contributed by atoms with van der Waals surface area (Å²) in [6, 6.07) is 23.3. The van der Waals surface area contributed by atoms with E-state index >= 15 is 0 Å². The first-order valence-electron chi connectivity index (χ1n) is 16.3. The van der Waals surface area contributed by atoms with Gasteiger partial charge in [-0.1, -0.05) is 31.7 Å². The fourth-order valence-electron chi connectivity index (χ4n) is 5.53. The number of nitrogens with one attached hydrogen (secondary N) is 2. The third kappa shape index (κ3) is 7.81. The molecule has 0 saturated heterocycles. The van der Waals surface area contributed by atoms with Gasteiger partial charge in [-0.05, 0) is 71.4 Å². The smallest absolute Gasteiger partial charge is 0.238 e. The van der Waals surface area contributed by atoms with Crippen LogP contribution in [-0.2, 0) is 9.68 Å². The molecule has 2 aromatic carbocycles. The van der Waals surface area contributed by atoms with Crippen molar-refractivity contribution < 1.29 is 19.1 Å². The third-order valence-electron chi connectivity index (χ3n) is 8.10. The Hall–Kier alpha value is -5.33. The van der Waals surface area contributed by atoms with Crippen molar-refractivity contribution in [2.24, 2.45) is 9.98 Å². The molecule has 0 aliphatic carbocycles. The third-order valence-corrected chi connectivity index (χ3v) is 11.0. The molecule has 0 amide bonds. The van der Waals surface area contributed by atoms with Crippen LogP contribution in [0.2, 0.25) is 0 Å². The minimum atomic E-state index is -0.188. The zero-order chi connectivity index (χ0) is 36.3. The number of methoxy groups -OCH3 is 2. The zero-order valence-corrected chi connectivity index (χ0v) is 31.8.